The van der Waals surface area contributed by atoms with Gasteiger partial charge in [-0.2, -0.15) is 5.26 Å². The molecular weight excluding hydrogens is 402 g/mol. The van der Waals surface area contributed by atoms with E-state index in [-0.39, 0.29) is 5.91 Å². The van der Waals surface area contributed by atoms with Gasteiger partial charge in [0, 0.05) is 36.2 Å². The van der Waals surface area contributed by atoms with E-state index in [1.165, 1.54) is 0 Å². The number of fused-ring (bicyclic) bond motifs is 1. The van der Waals surface area contributed by atoms with Gasteiger partial charge in [-0.3, -0.25) is 4.79 Å². The first-order chi connectivity index (χ1) is 15.4. The van der Waals surface area contributed by atoms with Crippen LogP contribution < -0.4 is 15.4 Å². The van der Waals surface area contributed by atoms with Crippen LogP contribution in [-0.2, 0) is 0 Å². The minimum absolute atomic E-state index is 0.200. The summed E-state index contributed by atoms with van der Waals surface area (Å²) in [7, 11) is 5.52. The molecule has 0 fully saturated rings. The van der Waals surface area contributed by atoms with E-state index in [1.807, 2.05) is 67.5 Å². The molecule has 7 nitrogen and oxygen atoms in total. The zero-order valence-corrected chi connectivity index (χ0v) is 18.6. The molecule has 0 unspecified atom stereocenters. The lowest BCUT2D eigenvalue weighted by atomic mass is 10.0. The molecule has 0 radical (unpaired) electrons. The third kappa shape index (κ3) is 5.42. The Labute approximate surface area is 188 Å². The van der Waals surface area contributed by atoms with E-state index in [4.69, 9.17) is 10.00 Å². The number of methoxy groups -OCH3 is 1. The normalized spacial score (nSPS) is 10.6. The van der Waals surface area contributed by atoms with E-state index in [2.05, 4.69) is 22.2 Å². The number of rotatable bonds is 9. The number of hydrogen-bond acceptors (Lipinski definition) is 6. The van der Waals surface area contributed by atoms with Crippen molar-refractivity contribution in [1.82, 2.24) is 15.2 Å². The molecule has 0 aliphatic heterocycles. The Balaban J connectivity index is 1.95. The summed E-state index contributed by atoms with van der Waals surface area (Å²) < 4.78 is 5.52. The van der Waals surface area contributed by atoms with Gasteiger partial charge in [-0.05, 0) is 43.7 Å². The molecule has 0 saturated carbocycles. The van der Waals surface area contributed by atoms with Crippen LogP contribution in [0.25, 0.3) is 22.0 Å². The molecule has 0 atom stereocenters. The number of likely N-dealkylation sites (N-methyl/N-ethyl adjacent to an activating group) is 1. The van der Waals surface area contributed by atoms with Crippen molar-refractivity contribution in [3.8, 4) is 23.1 Å². The maximum Gasteiger partial charge on any atom is 0.269 e. The van der Waals surface area contributed by atoms with Crippen LogP contribution in [-0.4, -0.2) is 56.6 Å². The smallest absolute Gasteiger partial charge is 0.269 e. The fraction of sp³-hybridized carbons (Fsp3) is 0.240. The van der Waals surface area contributed by atoms with Gasteiger partial charge in [-0.15, -0.1) is 0 Å². The fourth-order valence-corrected chi connectivity index (χ4v) is 3.25. The lowest BCUT2D eigenvalue weighted by Gasteiger charge is -2.15. The van der Waals surface area contributed by atoms with Crippen molar-refractivity contribution in [1.29, 1.82) is 5.26 Å². The average molecular weight is 430 g/mol. The van der Waals surface area contributed by atoms with E-state index in [0.717, 1.165) is 28.6 Å². The average Bonchev–Trinajstić information content (AvgIpc) is 2.81. The number of carbonyl (C=O) groups excluding carboxylic acids is 1. The molecule has 0 spiro atoms. The maximum absolute atomic E-state index is 12.5. The van der Waals surface area contributed by atoms with Crippen LogP contribution in [0.1, 0.15) is 10.5 Å². The summed E-state index contributed by atoms with van der Waals surface area (Å²) >= 11 is 0. The highest BCUT2D eigenvalue weighted by Crippen LogP contribution is 2.35. The van der Waals surface area contributed by atoms with Crippen molar-refractivity contribution in [2.45, 2.75) is 0 Å². The highest BCUT2D eigenvalue weighted by molar-refractivity contribution is 5.99. The lowest BCUT2D eigenvalue weighted by Crippen LogP contribution is -2.31. The third-order valence-electron chi connectivity index (χ3n) is 4.96. The molecule has 0 aliphatic rings. The number of nitrogens with zero attached hydrogens (tertiary/aromatic N) is 3. The standard InChI is InChI=1S/C25H27N5O2/c1-17(15-26)16-28-24-20-14-19(9-8-18(20)10-11-23(24)32-4)21-6-5-7-22(29-21)25(31)27-12-13-30(2)3/h5-11,14,28H,1,12-13,16H2,2-4H3,(H,27,31). The van der Waals surface area contributed by atoms with Gasteiger partial charge in [0.25, 0.3) is 5.91 Å². The molecule has 2 aromatic carbocycles. The predicted molar refractivity (Wildman–Crippen MR) is 128 cm³/mol. The summed E-state index contributed by atoms with van der Waals surface area (Å²) in [5.41, 5.74) is 3.14. The van der Waals surface area contributed by atoms with E-state index >= 15 is 0 Å². The first kappa shape index (κ1) is 22.8. The number of benzene rings is 2. The van der Waals surface area contributed by atoms with Crippen molar-refractivity contribution < 1.29 is 9.53 Å². The van der Waals surface area contributed by atoms with Crippen LogP contribution in [0.2, 0.25) is 0 Å². The summed E-state index contributed by atoms with van der Waals surface area (Å²) in [6.45, 7) is 5.36. The van der Waals surface area contributed by atoms with Gasteiger partial charge in [0.15, 0.2) is 0 Å². The highest BCUT2D eigenvalue weighted by atomic mass is 16.5. The van der Waals surface area contributed by atoms with Crippen LogP contribution in [0.15, 0.2) is 60.7 Å². The van der Waals surface area contributed by atoms with Crippen molar-refractivity contribution in [2.75, 3.05) is 46.2 Å². The zero-order valence-electron chi connectivity index (χ0n) is 18.6. The Morgan fingerprint density at radius 2 is 2.00 bits per heavy atom. The molecule has 3 rings (SSSR count). The molecule has 0 saturated heterocycles. The Hall–Kier alpha value is -3.89. The second kappa shape index (κ2) is 10.4. The van der Waals surface area contributed by atoms with Crippen LogP contribution >= 0.6 is 0 Å². The van der Waals surface area contributed by atoms with E-state index in [9.17, 15) is 4.79 Å². The highest BCUT2D eigenvalue weighted by Gasteiger charge is 2.12. The second-order valence-electron chi connectivity index (χ2n) is 7.61. The lowest BCUT2D eigenvalue weighted by molar-refractivity contribution is 0.0946. The number of hydrogen-bond donors (Lipinski definition) is 2. The van der Waals surface area contributed by atoms with Crippen LogP contribution in [0, 0.1) is 11.3 Å². The molecule has 0 aliphatic carbocycles. The van der Waals surface area contributed by atoms with Gasteiger partial charge >= 0.3 is 0 Å². The van der Waals surface area contributed by atoms with Crippen molar-refractivity contribution >= 4 is 22.4 Å². The summed E-state index contributed by atoms with van der Waals surface area (Å²) in [5, 5.41) is 17.1. The first-order valence-corrected chi connectivity index (χ1v) is 10.3. The molecule has 1 heterocycles. The Kier molecular flexibility index (Phi) is 7.42. The van der Waals surface area contributed by atoms with E-state index in [0.29, 0.717) is 35.8 Å². The minimum atomic E-state index is -0.200. The predicted octanol–water partition coefficient (Wildman–Crippen LogP) is 3.69. The van der Waals surface area contributed by atoms with Gasteiger partial charge in [0.2, 0.25) is 0 Å². The Morgan fingerprint density at radius 3 is 2.72 bits per heavy atom. The molecule has 7 heteroatoms. The largest absolute Gasteiger partial charge is 0.495 e. The number of amides is 1. The van der Waals surface area contributed by atoms with Crippen molar-refractivity contribution in [2.24, 2.45) is 0 Å². The maximum atomic E-state index is 12.5. The molecule has 0 bridgehead atoms. The summed E-state index contributed by atoms with van der Waals surface area (Å²) in [6, 6.07) is 17.3. The summed E-state index contributed by atoms with van der Waals surface area (Å²) in [4.78, 5) is 19.1. The van der Waals surface area contributed by atoms with Gasteiger partial charge in [0.1, 0.15) is 11.4 Å². The molecule has 1 aromatic heterocycles. The Bertz CT molecular complexity index is 1180. The molecule has 1 amide bonds. The van der Waals surface area contributed by atoms with E-state index in [1.54, 1.807) is 13.2 Å². The number of pyridine rings is 1. The number of nitriles is 1. The van der Waals surface area contributed by atoms with Crippen molar-refractivity contribution in [3.05, 3.63) is 66.4 Å². The summed E-state index contributed by atoms with van der Waals surface area (Å²) in [6.07, 6.45) is 0. The fourth-order valence-electron chi connectivity index (χ4n) is 3.25. The number of carbonyl (C=O) groups is 1. The Morgan fingerprint density at radius 1 is 1.22 bits per heavy atom. The number of ether oxygens (including phenoxy) is 1. The van der Waals surface area contributed by atoms with Crippen LogP contribution in [0.3, 0.4) is 0 Å². The minimum Gasteiger partial charge on any atom is -0.495 e. The zero-order chi connectivity index (χ0) is 23.1. The second-order valence-corrected chi connectivity index (χ2v) is 7.61. The number of anilines is 1. The summed E-state index contributed by atoms with van der Waals surface area (Å²) in [5.74, 6) is 0.468. The van der Waals surface area contributed by atoms with Gasteiger partial charge in [-0.25, -0.2) is 4.98 Å². The molecule has 32 heavy (non-hydrogen) atoms. The number of nitrogens with one attached hydrogen (secondary N) is 2. The van der Waals surface area contributed by atoms with Crippen LogP contribution in [0.5, 0.6) is 5.75 Å². The third-order valence-corrected chi connectivity index (χ3v) is 4.96. The SMILES string of the molecule is C=C(C#N)CNc1c(OC)ccc2ccc(-c3cccc(C(=O)NCCN(C)C)n3)cc12. The van der Waals surface area contributed by atoms with Gasteiger partial charge in [0.05, 0.1) is 24.6 Å². The number of aromatic nitrogens is 1. The first-order valence-electron chi connectivity index (χ1n) is 10.3. The molecular formula is C25H27N5O2. The molecule has 164 valence electrons. The van der Waals surface area contributed by atoms with Gasteiger partial charge in [-0.1, -0.05) is 30.8 Å². The monoisotopic (exact) mass is 429 g/mol. The van der Waals surface area contributed by atoms with Crippen LogP contribution in [0.4, 0.5) is 5.69 Å². The molecule has 2 N–H and O–H groups in total. The quantitative estimate of drug-likeness (QED) is 0.504. The molecule has 3 aromatic rings. The van der Waals surface area contributed by atoms with E-state index < -0.39 is 0 Å². The topological polar surface area (TPSA) is 90.3 Å². The van der Waals surface area contributed by atoms with Gasteiger partial charge < -0.3 is 20.3 Å². The van der Waals surface area contributed by atoms with Crippen molar-refractivity contribution in [3.63, 3.8) is 0 Å².